The molecule has 0 aromatic carbocycles. The van der Waals surface area contributed by atoms with Crippen LogP contribution in [0.15, 0.2) is 22.9 Å². The molecule has 1 atom stereocenters. The van der Waals surface area contributed by atoms with Crippen LogP contribution in [0.3, 0.4) is 0 Å². The predicted octanol–water partition coefficient (Wildman–Crippen LogP) is 2.91. The lowest BCUT2D eigenvalue weighted by molar-refractivity contribution is -0.142. The highest BCUT2D eigenvalue weighted by Crippen LogP contribution is 2.31. The van der Waals surface area contributed by atoms with E-state index in [9.17, 15) is 18.0 Å². The first-order valence-corrected chi connectivity index (χ1v) is 7.55. The number of halogens is 3. The Labute approximate surface area is 136 Å². The molecule has 2 N–H and O–H groups in total. The number of carbonyl (C=O) groups excluding carboxylic acids is 1. The van der Waals surface area contributed by atoms with Gasteiger partial charge in [-0.25, -0.2) is 4.79 Å². The molecule has 1 aliphatic carbocycles. The summed E-state index contributed by atoms with van der Waals surface area (Å²) < 4.78 is 45.0. The van der Waals surface area contributed by atoms with Gasteiger partial charge in [-0.15, -0.1) is 0 Å². The zero-order chi connectivity index (χ0) is 17.3. The van der Waals surface area contributed by atoms with Gasteiger partial charge in [0.1, 0.15) is 5.76 Å². The smallest absolute Gasteiger partial charge is 0.435 e. The third-order valence-electron chi connectivity index (χ3n) is 3.97. The molecule has 0 spiro atoms. The van der Waals surface area contributed by atoms with E-state index in [0.29, 0.717) is 0 Å². The van der Waals surface area contributed by atoms with Crippen LogP contribution in [0.4, 0.5) is 18.0 Å². The molecular weight excluding hydrogens is 325 g/mol. The van der Waals surface area contributed by atoms with Crippen molar-refractivity contribution in [1.29, 1.82) is 0 Å². The van der Waals surface area contributed by atoms with Crippen LogP contribution in [-0.4, -0.2) is 15.8 Å². The van der Waals surface area contributed by atoms with Crippen molar-refractivity contribution >= 4 is 6.03 Å². The molecule has 0 fully saturated rings. The average molecular weight is 342 g/mol. The predicted molar refractivity (Wildman–Crippen MR) is 78.0 cm³/mol. The fourth-order valence-electron chi connectivity index (χ4n) is 2.93. The third kappa shape index (κ3) is 3.39. The van der Waals surface area contributed by atoms with Crippen LogP contribution in [0.1, 0.15) is 41.5 Å². The van der Waals surface area contributed by atoms with Gasteiger partial charge < -0.3 is 15.1 Å². The minimum Gasteiger partial charge on any atom is -0.469 e. The molecule has 0 radical (unpaired) electrons. The second-order valence-electron chi connectivity index (χ2n) is 5.75. The normalized spacial score (nSPS) is 17.4. The Balaban J connectivity index is 1.62. The summed E-state index contributed by atoms with van der Waals surface area (Å²) >= 11 is 0. The SMILES string of the molecule is Cn1cc(CNC(=O)N[C@H]2CCCc3occc32)c(C(F)(F)F)n1. The number of alkyl halides is 3. The van der Waals surface area contributed by atoms with Gasteiger partial charge in [0.25, 0.3) is 0 Å². The highest BCUT2D eigenvalue weighted by Gasteiger charge is 2.37. The standard InChI is InChI=1S/C15H17F3N4O2/c1-22-8-9(13(21-22)15(16,17)18)7-19-14(23)20-11-3-2-4-12-10(11)5-6-24-12/h5-6,8,11H,2-4,7H2,1H3,(H2,19,20,23)/t11-/m0/s1. The number of aromatic nitrogens is 2. The fourth-order valence-corrected chi connectivity index (χ4v) is 2.93. The van der Waals surface area contributed by atoms with Crippen molar-refractivity contribution < 1.29 is 22.4 Å². The molecule has 0 aliphatic heterocycles. The number of furan rings is 1. The van der Waals surface area contributed by atoms with Crippen LogP contribution in [0.5, 0.6) is 0 Å². The minimum atomic E-state index is -4.55. The van der Waals surface area contributed by atoms with Crippen LogP contribution in [0, 0.1) is 0 Å². The number of nitrogens with zero attached hydrogens (tertiary/aromatic N) is 2. The van der Waals surface area contributed by atoms with Crippen LogP contribution >= 0.6 is 0 Å². The molecule has 2 aromatic heterocycles. The van der Waals surface area contributed by atoms with E-state index in [-0.39, 0.29) is 18.2 Å². The maximum atomic E-state index is 12.9. The zero-order valence-corrected chi connectivity index (χ0v) is 13.0. The number of nitrogens with one attached hydrogen (secondary N) is 2. The highest BCUT2D eigenvalue weighted by molar-refractivity contribution is 5.74. The van der Waals surface area contributed by atoms with Gasteiger partial charge in [0.15, 0.2) is 5.69 Å². The average Bonchev–Trinajstić information content (AvgIpc) is 3.11. The van der Waals surface area contributed by atoms with Crippen molar-refractivity contribution in [2.45, 2.75) is 38.0 Å². The lowest BCUT2D eigenvalue weighted by Gasteiger charge is -2.22. The minimum absolute atomic E-state index is 0.0761. The van der Waals surface area contributed by atoms with Crippen LogP contribution in [-0.2, 0) is 26.2 Å². The molecule has 0 unspecified atom stereocenters. The van der Waals surface area contributed by atoms with E-state index in [1.165, 1.54) is 13.2 Å². The molecule has 2 amide bonds. The van der Waals surface area contributed by atoms with Crippen molar-refractivity contribution in [3.8, 4) is 0 Å². The first-order valence-electron chi connectivity index (χ1n) is 7.55. The Kier molecular flexibility index (Phi) is 4.25. The summed E-state index contributed by atoms with van der Waals surface area (Å²) in [6, 6.07) is 1.09. The van der Waals surface area contributed by atoms with Gasteiger partial charge in [0, 0.05) is 37.3 Å². The number of aryl methyl sites for hydroxylation is 2. The van der Waals surface area contributed by atoms with Gasteiger partial charge in [-0.3, -0.25) is 4.68 Å². The van der Waals surface area contributed by atoms with Gasteiger partial charge in [-0.1, -0.05) is 0 Å². The van der Waals surface area contributed by atoms with Crippen molar-refractivity contribution in [1.82, 2.24) is 20.4 Å². The van der Waals surface area contributed by atoms with Crippen molar-refractivity contribution in [2.24, 2.45) is 7.05 Å². The summed E-state index contributed by atoms with van der Waals surface area (Å²) in [5.74, 6) is 0.846. The molecule has 2 aromatic rings. The van der Waals surface area contributed by atoms with E-state index < -0.39 is 17.9 Å². The van der Waals surface area contributed by atoms with E-state index in [0.717, 1.165) is 35.3 Å². The Morgan fingerprint density at radius 3 is 3.04 bits per heavy atom. The summed E-state index contributed by atoms with van der Waals surface area (Å²) in [6.07, 6.45) is 0.745. The van der Waals surface area contributed by atoms with Gasteiger partial charge in [0.05, 0.1) is 12.3 Å². The second kappa shape index (κ2) is 6.21. The maximum absolute atomic E-state index is 12.9. The number of fused-ring (bicyclic) bond motifs is 1. The first kappa shape index (κ1) is 16.4. The third-order valence-corrected chi connectivity index (χ3v) is 3.97. The molecule has 0 bridgehead atoms. The fraction of sp³-hybridized carbons (Fsp3) is 0.467. The van der Waals surface area contributed by atoms with Gasteiger partial charge in [-0.2, -0.15) is 18.3 Å². The highest BCUT2D eigenvalue weighted by atomic mass is 19.4. The molecule has 6 nitrogen and oxygen atoms in total. The number of hydrogen-bond acceptors (Lipinski definition) is 3. The van der Waals surface area contributed by atoms with E-state index in [4.69, 9.17) is 4.42 Å². The Hall–Kier alpha value is -2.45. The van der Waals surface area contributed by atoms with E-state index in [1.807, 2.05) is 6.07 Å². The van der Waals surface area contributed by atoms with Crippen LogP contribution in [0.2, 0.25) is 0 Å². The largest absolute Gasteiger partial charge is 0.469 e. The topological polar surface area (TPSA) is 72.1 Å². The number of urea groups is 1. The lowest BCUT2D eigenvalue weighted by atomic mass is 9.93. The summed E-state index contributed by atoms with van der Waals surface area (Å²) in [7, 11) is 1.40. The number of carbonyl (C=O) groups is 1. The Morgan fingerprint density at radius 2 is 2.29 bits per heavy atom. The summed E-state index contributed by atoms with van der Waals surface area (Å²) in [4.78, 5) is 12.0. The Morgan fingerprint density at radius 1 is 1.50 bits per heavy atom. The first-order chi connectivity index (χ1) is 11.3. The van der Waals surface area contributed by atoms with E-state index in [1.54, 1.807) is 6.26 Å². The molecule has 0 saturated heterocycles. The second-order valence-corrected chi connectivity index (χ2v) is 5.75. The van der Waals surface area contributed by atoms with Crippen LogP contribution < -0.4 is 10.6 Å². The summed E-state index contributed by atoms with van der Waals surface area (Å²) in [5.41, 5.74) is -0.137. The molecule has 0 saturated carbocycles. The number of amides is 2. The maximum Gasteiger partial charge on any atom is 0.435 e. The van der Waals surface area contributed by atoms with Crippen molar-refractivity contribution in [2.75, 3.05) is 0 Å². The van der Waals surface area contributed by atoms with E-state index in [2.05, 4.69) is 15.7 Å². The van der Waals surface area contributed by atoms with Gasteiger partial charge in [0.2, 0.25) is 0 Å². The molecule has 3 rings (SSSR count). The Bertz CT molecular complexity index is 735. The van der Waals surface area contributed by atoms with E-state index >= 15 is 0 Å². The summed E-state index contributed by atoms with van der Waals surface area (Å²) in [6.45, 7) is -0.251. The van der Waals surface area contributed by atoms with Crippen molar-refractivity contribution in [3.63, 3.8) is 0 Å². The van der Waals surface area contributed by atoms with Gasteiger partial charge in [-0.05, 0) is 18.9 Å². The molecule has 2 heterocycles. The molecular formula is C15H17F3N4O2. The van der Waals surface area contributed by atoms with Crippen LogP contribution in [0.25, 0.3) is 0 Å². The lowest BCUT2D eigenvalue weighted by Crippen LogP contribution is -2.38. The summed E-state index contributed by atoms with van der Waals surface area (Å²) in [5, 5.41) is 8.64. The molecule has 9 heteroatoms. The van der Waals surface area contributed by atoms with Crippen molar-refractivity contribution in [3.05, 3.63) is 41.1 Å². The monoisotopic (exact) mass is 342 g/mol. The zero-order valence-electron chi connectivity index (χ0n) is 13.0. The quantitative estimate of drug-likeness (QED) is 0.901. The molecule has 130 valence electrons. The molecule has 24 heavy (non-hydrogen) atoms. The number of rotatable bonds is 3. The van der Waals surface area contributed by atoms with Gasteiger partial charge >= 0.3 is 12.2 Å². The number of hydrogen-bond donors (Lipinski definition) is 2. The molecule has 1 aliphatic rings.